The van der Waals surface area contributed by atoms with Crippen LogP contribution in [0.5, 0.6) is 0 Å². The predicted octanol–water partition coefficient (Wildman–Crippen LogP) is 4.38. The maximum absolute atomic E-state index is 2.41. The summed E-state index contributed by atoms with van der Waals surface area (Å²) in [5.41, 5.74) is 2.70. The lowest BCUT2D eigenvalue weighted by molar-refractivity contribution is 0.390. The number of nitrogens with zero attached hydrogens (tertiary/aromatic N) is 2. The van der Waals surface area contributed by atoms with Crippen molar-refractivity contribution in [2.24, 2.45) is 0 Å². The Kier molecular flexibility index (Phi) is 5.31. The van der Waals surface area contributed by atoms with Crippen molar-refractivity contribution in [2.75, 3.05) is 18.1 Å². The van der Waals surface area contributed by atoms with Crippen LogP contribution < -0.4 is 4.90 Å². The molecule has 0 N–H and O–H groups in total. The van der Waals surface area contributed by atoms with Gasteiger partial charge in [-0.25, -0.2) is 0 Å². The van der Waals surface area contributed by atoms with Crippen LogP contribution in [0.25, 0.3) is 0 Å². The molecule has 2 nitrogen and oxygen atoms in total. The maximum atomic E-state index is 2.41. The average molecular weight is 258 g/mol. The minimum atomic E-state index is 0.998. The van der Waals surface area contributed by atoms with Gasteiger partial charge in [-0.05, 0) is 30.5 Å². The molecule has 1 aliphatic rings. The second kappa shape index (κ2) is 7.22. The number of anilines is 1. The molecule has 0 atom stereocenters. The first kappa shape index (κ1) is 14.0. The van der Waals surface area contributed by atoms with Gasteiger partial charge < -0.3 is 9.80 Å². The van der Waals surface area contributed by atoms with Gasteiger partial charge in [-0.1, -0.05) is 45.2 Å². The van der Waals surface area contributed by atoms with Crippen LogP contribution in [0.1, 0.15) is 45.1 Å². The lowest BCUT2D eigenvalue weighted by Crippen LogP contribution is -2.25. The highest BCUT2D eigenvalue weighted by Crippen LogP contribution is 2.20. The molecule has 19 heavy (non-hydrogen) atoms. The van der Waals surface area contributed by atoms with Gasteiger partial charge in [0.1, 0.15) is 0 Å². The normalized spacial score (nSPS) is 14.4. The van der Waals surface area contributed by atoms with Gasteiger partial charge in [-0.2, -0.15) is 0 Å². The Balaban J connectivity index is 1.79. The highest BCUT2D eigenvalue weighted by atomic mass is 15.3. The molecule has 2 heteroatoms. The van der Waals surface area contributed by atoms with Crippen molar-refractivity contribution in [3.8, 4) is 0 Å². The average Bonchev–Trinajstić information content (AvgIpc) is 2.92. The van der Waals surface area contributed by atoms with E-state index in [9.17, 15) is 0 Å². The molecule has 0 radical (unpaired) electrons. The van der Waals surface area contributed by atoms with E-state index >= 15 is 0 Å². The van der Waals surface area contributed by atoms with Crippen molar-refractivity contribution in [1.29, 1.82) is 0 Å². The van der Waals surface area contributed by atoms with Gasteiger partial charge in [0.15, 0.2) is 0 Å². The minimum Gasteiger partial charge on any atom is -0.358 e. The molecule has 0 amide bonds. The summed E-state index contributed by atoms with van der Waals surface area (Å²) in [6.07, 6.45) is 10.9. The topological polar surface area (TPSA) is 6.48 Å². The fourth-order valence-corrected chi connectivity index (χ4v) is 2.44. The zero-order chi connectivity index (χ0) is 13.5. The van der Waals surface area contributed by atoms with E-state index in [1.54, 1.807) is 0 Å². The molecule has 1 aliphatic heterocycles. The Hall–Kier alpha value is -1.44. The van der Waals surface area contributed by atoms with E-state index < -0.39 is 0 Å². The first-order valence-corrected chi connectivity index (χ1v) is 7.61. The Morgan fingerprint density at radius 2 is 1.74 bits per heavy atom. The SMILES string of the molecule is CCCCCCN1C=CN(c2ccc(CC)cc2)C1. The molecule has 104 valence electrons. The van der Waals surface area contributed by atoms with E-state index in [0.29, 0.717) is 0 Å². The van der Waals surface area contributed by atoms with Crippen LogP contribution in [0.3, 0.4) is 0 Å². The summed E-state index contributed by atoms with van der Waals surface area (Å²) in [6, 6.07) is 8.91. The van der Waals surface area contributed by atoms with E-state index in [-0.39, 0.29) is 0 Å². The molecule has 0 aromatic heterocycles. The monoisotopic (exact) mass is 258 g/mol. The molecule has 0 bridgehead atoms. The van der Waals surface area contributed by atoms with Crippen LogP contribution >= 0.6 is 0 Å². The second-order valence-electron chi connectivity index (χ2n) is 5.30. The van der Waals surface area contributed by atoms with Crippen molar-refractivity contribution in [1.82, 2.24) is 4.90 Å². The van der Waals surface area contributed by atoms with Crippen LogP contribution in [0.15, 0.2) is 36.7 Å². The summed E-state index contributed by atoms with van der Waals surface area (Å²) in [4.78, 5) is 4.72. The van der Waals surface area contributed by atoms with Crippen molar-refractivity contribution in [3.05, 3.63) is 42.2 Å². The summed E-state index contributed by atoms with van der Waals surface area (Å²) in [5.74, 6) is 0. The van der Waals surface area contributed by atoms with Gasteiger partial charge in [-0.15, -0.1) is 0 Å². The largest absolute Gasteiger partial charge is 0.358 e. The van der Waals surface area contributed by atoms with Gasteiger partial charge in [0.05, 0.1) is 6.67 Å². The summed E-state index contributed by atoms with van der Waals surface area (Å²) >= 11 is 0. The van der Waals surface area contributed by atoms with Gasteiger partial charge in [0, 0.05) is 24.6 Å². The van der Waals surface area contributed by atoms with Crippen LogP contribution in [-0.2, 0) is 6.42 Å². The molecule has 1 aromatic rings. The zero-order valence-corrected chi connectivity index (χ0v) is 12.3. The Labute approximate surface area is 117 Å². The maximum Gasteiger partial charge on any atom is 0.0941 e. The summed E-state index contributed by atoms with van der Waals surface area (Å²) in [5, 5.41) is 0. The highest BCUT2D eigenvalue weighted by Gasteiger charge is 2.12. The smallest absolute Gasteiger partial charge is 0.0941 e. The number of benzene rings is 1. The predicted molar refractivity (Wildman–Crippen MR) is 83.2 cm³/mol. The second-order valence-corrected chi connectivity index (χ2v) is 5.30. The van der Waals surface area contributed by atoms with Gasteiger partial charge in [-0.3, -0.25) is 0 Å². The lowest BCUT2D eigenvalue weighted by Gasteiger charge is -2.21. The molecule has 0 aliphatic carbocycles. The number of unbranched alkanes of at least 4 members (excludes halogenated alkanes) is 3. The molecule has 0 saturated carbocycles. The first-order valence-electron chi connectivity index (χ1n) is 7.61. The van der Waals surface area contributed by atoms with E-state index in [0.717, 1.165) is 13.1 Å². The van der Waals surface area contributed by atoms with Crippen LogP contribution in [0, 0.1) is 0 Å². The molecule has 0 unspecified atom stereocenters. The quantitative estimate of drug-likeness (QED) is 0.670. The molecule has 0 spiro atoms. The summed E-state index contributed by atoms with van der Waals surface area (Å²) in [6.45, 7) is 6.64. The summed E-state index contributed by atoms with van der Waals surface area (Å²) < 4.78 is 0. The molecular weight excluding hydrogens is 232 g/mol. The molecule has 0 saturated heterocycles. The summed E-state index contributed by atoms with van der Waals surface area (Å²) in [7, 11) is 0. The Bertz CT molecular complexity index is 394. The molecule has 2 rings (SSSR count). The van der Waals surface area contributed by atoms with Crippen LogP contribution in [0.4, 0.5) is 5.69 Å². The molecule has 0 fully saturated rings. The standard InChI is InChI=1S/C17H26N2/c1-3-5-6-7-12-18-13-14-19(15-18)17-10-8-16(4-2)9-11-17/h8-11,13-14H,3-7,12,15H2,1-2H3. The first-order chi connectivity index (χ1) is 9.33. The highest BCUT2D eigenvalue weighted by molar-refractivity contribution is 5.51. The van der Waals surface area contributed by atoms with Crippen molar-refractivity contribution < 1.29 is 0 Å². The Morgan fingerprint density at radius 3 is 2.42 bits per heavy atom. The van der Waals surface area contributed by atoms with Crippen molar-refractivity contribution in [3.63, 3.8) is 0 Å². The van der Waals surface area contributed by atoms with E-state index in [2.05, 4.69) is 60.3 Å². The molecule has 1 aromatic carbocycles. The Morgan fingerprint density at radius 1 is 0.947 bits per heavy atom. The van der Waals surface area contributed by atoms with Crippen LogP contribution in [0.2, 0.25) is 0 Å². The number of aryl methyl sites for hydroxylation is 1. The fourth-order valence-electron chi connectivity index (χ4n) is 2.44. The van der Waals surface area contributed by atoms with Crippen molar-refractivity contribution >= 4 is 5.69 Å². The third kappa shape index (κ3) is 4.02. The van der Waals surface area contributed by atoms with Gasteiger partial charge >= 0.3 is 0 Å². The fraction of sp³-hybridized carbons (Fsp3) is 0.529. The number of rotatable bonds is 7. The van der Waals surface area contributed by atoms with Crippen LogP contribution in [-0.4, -0.2) is 18.1 Å². The van der Waals surface area contributed by atoms with E-state index in [1.807, 2.05) is 0 Å². The zero-order valence-electron chi connectivity index (χ0n) is 12.3. The molecule has 1 heterocycles. The van der Waals surface area contributed by atoms with E-state index in [4.69, 9.17) is 0 Å². The van der Waals surface area contributed by atoms with E-state index in [1.165, 1.54) is 43.5 Å². The molecular formula is C17H26N2. The van der Waals surface area contributed by atoms with Crippen molar-refractivity contribution in [2.45, 2.75) is 46.0 Å². The van der Waals surface area contributed by atoms with Gasteiger partial charge in [0.25, 0.3) is 0 Å². The lowest BCUT2D eigenvalue weighted by atomic mass is 10.1. The number of hydrogen-bond acceptors (Lipinski definition) is 2. The van der Waals surface area contributed by atoms with Gasteiger partial charge in [0.2, 0.25) is 0 Å². The minimum absolute atomic E-state index is 0.998. The third-order valence-electron chi connectivity index (χ3n) is 3.77. The third-order valence-corrected chi connectivity index (χ3v) is 3.77. The number of hydrogen-bond donors (Lipinski definition) is 0.